The first-order valence-electron chi connectivity index (χ1n) is 14.9. The van der Waals surface area contributed by atoms with E-state index in [1.807, 2.05) is 20.8 Å². The Morgan fingerprint density at radius 3 is 2.85 bits per heavy atom. The van der Waals surface area contributed by atoms with Gasteiger partial charge in [-0.25, -0.2) is 4.98 Å². The van der Waals surface area contributed by atoms with Crippen molar-refractivity contribution in [2.24, 2.45) is 5.92 Å². The Labute approximate surface area is 234 Å². The van der Waals surface area contributed by atoms with Crippen molar-refractivity contribution in [3.05, 3.63) is 53.2 Å². The van der Waals surface area contributed by atoms with Crippen molar-refractivity contribution in [2.45, 2.75) is 70.8 Å². The largest absolute Gasteiger partial charge is 0.460 e. The standard InChI is InChI=1S/C32H46N4O3/c1-32(2,3)39-30(37)21-27(26-6-4-8-29(20-26)36-16-18-38-19-17-36)23-35-15-13-24(22-35)9-11-28-12-10-25-7-5-14-33-31(25)34-28/h4,6,8,10,12,20,24,27H,5,7,9,11,13-19,21-23H2,1-3H3,(H,33,34)/t24-,27-/m1/s1. The zero-order chi connectivity index (χ0) is 27.2. The van der Waals surface area contributed by atoms with Gasteiger partial charge in [-0.3, -0.25) is 4.79 Å². The van der Waals surface area contributed by atoms with Gasteiger partial charge in [-0.2, -0.15) is 0 Å². The predicted octanol–water partition coefficient (Wildman–Crippen LogP) is 5.05. The number of benzene rings is 1. The van der Waals surface area contributed by atoms with Gasteiger partial charge in [0.1, 0.15) is 11.4 Å². The van der Waals surface area contributed by atoms with Gasteiger partial charge in [0, 0.05) is 50.0 Å². The maximum absolute atomic E-state index is 12.9. The van der Waals surface area contributed by atoms with Crippen LogP contribution in [0.5, 0.6) is 0 Å². The highest BCUT2D eigenvalue weighted by Crippen LogP contribution is 2.30. The van der Waals surface area contributed by atoms with Gasteiger partial charge >= 0.3 is 5.97 Å². The van der Waals surface area contributed by atoms with Gasteiger partial charge < -0.3 is 24.6 Å². The number of carbonyl (C=O) groups excluding carboxylic acids is 1. The van der Waals surface area contributed by atoms with E-state index in [2.05, 4.69) is 51.5 Å². The molecule has 212 valence electrons. The first kappa shape index (κ1) is 27.9. The third kappa shape index (κ3) is 7.95. The van der Waals surface area contributed by atoms with E-state index in [4.69, 9.17) is 14.5 Å². The number of hydrogen-bond donors (Lipinski definition) is 1. The number of morpholine rings is 1. The highest BCUT2D eigenvalue weighted by molar-refractivity contribution is 5.71. The van der Waals surface area contributed by atoms with Crippen molar-refractivity contribution in [1.29, 1.82) is 0 Å². The normalized spacial score (nSPS) is 20.8. The number of ether oxygens (including phenoxy) is 2. The Kier molecular flexibility index (Phi) is 9.08. The summed E-state index contributed by atoms with van der Waals surface area (Å²) in [4.78, 5) is 22.8. The third-order valence-electron chi connectivity index (χ3n) is 8.16. The smallest absolute Gasteiger partial charge is 0.306 e. The number of aromatic nitrogens is 1. The number of nitrogens with zero attached hydrogens (tertiary/aromatic N) is 3. The van der Waals surface area contributed by atoms with Crippen molar-refractivity contribution in [3.63, 3.8) is 0 Å². The Hall–Kier alpha value is -2.64. The second-order valence-electron chi connectivity index (χ2n) is 12.5. The number of aryl methyl sites for hydroxylation is 2. The Morgan fingerprint density at radius 2 is 2.03 bits per heavy atom. The number of nitrogens with one attached hydrogen (secondary N) is 1. The minimum absolute atomic E-state index is 0.105. The van der Waals surface area contributed by atoms with Crippen LogP contribution in [0, 0.1) is 5.92 Å². The summed E-state index contributed by atoms with van der Waals surface area (Å²) in [6.45, 7) is 13.2. The van der Waals surface area contributed by atoms with E-state index in [1.165, 1.54) is 35.3 Å². The lowest BCUT2D eigenvalue weighted by molar-refractivity contribution is -0.155. The molecule has 0 radical (unpaired) electrons. The molecule has 5 rings (SSSR count). The molecule has 0 spiro atoms. The lowest BCUT2D eigenvalue weighted by Crippen LogP contribution is -2.36. The molecule has 2 fully saturated rings. The molecule has 4 heterocycles. The average Bonchev–Trinajstić information content (AvgIpc) is 3.38. The molecular weight excluding hydrogens is 488 g/mol. The molecule has 7 nitrogen and oxygen atoms in total. The Bertz CT molecular complexity index is 1110. The third-order valence-corrected chi connectivity index (χ3v) is 8.16. The fraction of sp³-hybridized carbons (Fsp3) is 0.625. The summed E-state index contributed by atoms with van der Waals surface area (Å²) in [5.74, 6) is 1.74. The molecule has 3 aliphatic rings. The van der Waals surface area contributed by atoms with Crippen LogP contribution in [0.25, 0.3) is 0 Å². The number of hydrogen-bond acceptors (Lipinski definition) is 7. The quantitative estimate of drug-likeness (QED) is 0.452. The van der Waals surface area contributed by atoms with Gasteiger partial charge in [0.25, 0.3) is 0 Å². The van der Waals surface area contributed by atoms with Crippen LogP contribution < -0.4 is 10.2 Å². The molecule has 1 aromatic heterocycles. The first-order chi connectivity index (χ1) is 18.8. The van der Waals surface area contributed by atoms with Crippen LogP contribution in [-0.2, 0) is 27.1 Å². The van der Waals surface area contributed by atoms with E-state index in [-0.39, 0.29) is 11.9 Å². The van der Waals surface area contributed by atoms with E-state index in [0.717, 1.165) is 77.6 Å². The molecule has 1 N–H and O–H groups in total. The van der Waals surface area contributed by atoms with Crippen LogP contribution in [0.3, 0.4) is 0 Å². The number of anilines is 2. The highest BCUT2D eigenvalue weighted by Gasteiger charge is 2.28. The molecule has 2 atom stereocenters. The number of pyridine rings is 1. The van der Waals surface area contributed by atoms with Gasteiger partial charge in [-0.1, -0.05) is 18.2 Å². The topological polar surface area (TPSA) is 66.9 Å². The summed E-state index contributed by atoms with van der Waals surface area (Å²) in [7, 11) is 0. The Balaban J connectivity index is 1.21. The van der Waals surface area contributed by atoms with Crippen molar-refractivity contribution in [2.75, 3.05) is 62.7 Å². The second-order valence-corrected chi connectivity index (χ2v) is 12.5. The summed E-state index contributed by atoms with van der Waals surface area (Å²) in [6, 6.07) is 13.3. The van der Waals surface area contributed by atoms with Crippen LogP contribution in [0.4, 0.5) is 11.5 Å². The SMILES string of the molecule is CC(C)(C)OC(=O)C[C@H](CN1CC[C@@H](CCc2ccc3c(n2)NCCC3)C1)c1cccc(N2CCOCC2)c1. The molecule has 7 heteroatoms. The molecule has 3 aliphatic heterocycles. The van der Waals surface area contributed by atoms with Crippen LogP contribution in [0.1, 0.15) is 69.2 Å². The summed E-state index contributed by atoms with van der Waals surface area (Å²) in [6.07, 6.45) is 6.11. The lowest BCUT2D eigenvalue weighted by Gasteiger charge is -2.30. The van der Waals surface area contributed by atoms with E-state index in [9.17, 15) is 4.79 Å². The Morgan fingerprint density at radius 1 is 1.18 bits per heavy atom. The van der Waals surface area contributed by atoms with Gasteiger partial charge in [0.05, 0.1) is 19.6 Å². The zero-order valence-electron chi connectivity index (χ0n) is 24.1. The molecule has 0 aliphatic carbocycles. The molecule has 2 saturated heterocycles. The van der Waals surface area contributed by atoms with Crippen molar-refractivity contribution in [3.8, 4) is 0 Å². The molecule has 2 aromatic rings. The summed E-state index contributed by atoms with van der Waals surface area (Å²) < 4.78 is 11.3. The van der Waals surface area contributed by atoms with Crippen molar-refractivity contribution < 1.29 is 14.3 Å². The van der Waals surface area contributed by atoms with Crippen LogP contribution >= 0.6 is 0 Å². The fourth-order valence-corrected chi connectivity index (χ4v) is 6.16. The highest BCUT2D eigenvalue weighted by atomic mass is 16.6. The van der Waals surface area contributed by atoms with E-state index in [1.54, 1.807) is 0 Å². The van der Waals surface area contributed by atoms with Crippen LogP contribution in [0.15, 0.2) is 36.4 Å². The van der Waals surface area contributed by atoms with Gasteiger partial charge in [0.2, 0.25) is 0 Å². The summed E-state index contributed by atoms with van der Waals surface area (Å²) in [5, 5.41) is 3.46. The van der Waals surface area contributed by atoms with Crippen molar-refractivity contribution in [1.82, 2.24) is 9.88 Å². The van der Waals surface area contributed by atoms with Crippen molar-refractivity contribution >= 4 is 17.5 Å². The van der Waals surface area contributed by atoms with E-state index >= 15 is 0 Å². The van der Waals surface area contributed by atoms with Gasteiger partial charge in [-0.05, 0) is 94.7 Å². The monoisotopic (exact) mass is 534 g/mol. The molecule has 0 bridgehead atoms. The number of esters is 1. The minimum Gasteiger partial charge on any atom is -0.460 e. The second kappa shape index (κ2) is 12.7. The van der Waals surface area contributed by atoms with Gasteiger partial charge in [-0.15, -0.1) is 0 Å². The maximum Gasteiger partial charge on any atom is 0.306 e. The van der Waals surface area contributed by atoms with Crippen LogP contribution in [0.2, 0.25) is 0 Å². The number of likely N-dealkylation sites (tertiary alicyclic amines) is 1. The molecule has 0 saturated carbocycles. The fourth-order valence-electron chi connectivity index (χ4n) is 6.16. The summed E-state index contributed by atoms with van der Waals surface area (Å²) >= 11 is 0. The van der Waals surface area contributed by atoms with E-state index < -0.39 is 5.60 Å². The molecule has 0 unspecified atom stereocenters. The predicted molar refractivity (Wildman–Crippen MR) is 157 cm³/mol. The zero-order valence-corrected chi connectivity index (χ0v) is 24.1. The molecular formula is C32H46N4O3. The van der Waals surface area contributed by atoms with E-state index in [0.29, 0.717) is 12.3 Å². The average molecular weight is 535 g/mol. The number of rotatable bonds is 9. The summed E-state index contributed by atoms with van der Waals surface area (Å²) in [5.41, 5.74) is 4.52. The number of fused-ring (bicyclic) bond motifs is 1. The maximum atomic E-state index is 12.9. The van der Waals surface area contributed by atoms with Crippen LogP contribution in [-0.4, -0.2) is 73.9 Å². The lowest BCUT2D eigenvalue weighted by atomic mass is 9.94. The number of carbonyl (C=O) groups is 1. The van der Waals surface area contributed by atoms with Gasteiger partial charge in [0.15, 0.2) is 0 Å². The molecule has 1 aromatic carbocycles. The molecule has 39 heavy (non-hydrogen) atoms. The minimum atomic E-state index is -0.476. The first-order valence-corrected chi connectivity index (χ1v) is 14.9. The molecule has 0 amide bonds.